The summed E-state index contributed by atoms with van der Waals surface area (Å²) in [4.78, 5) is 15.0. The highest BCUT2D eigenvalue weighted by atomic mass is 15.0. The van der Waals surface area contributed by atoms with Gasteiger partial charge in [-0.2, -0.15) is 0 Å². The summed E-state index contributed by atoms with van der Waals surface area (Å²) in [6.45, 7) is 0. The molecule has 4 nitrogen and oxygen atoms in total. The molecule has 0 spiro atoms. The molecule has 2 heterocycles. The summed E-state index contributed by atoms with van der Waals surface area (Å²) in [6, 6.07) is 72.4. The van der Waals surface area contributed by atoms with Crippen LogP contribution in [0.25, 0.3) is 95.0 Å². The number of hydrogen-bond acceptors (Lipinski definition) is 3. The monoisotopic (exact) mass is 702 g/mol. The van der Waals surface area contributed by atoms with E-state index in [1.807, 2.05) is 60.7 Å². The maximum atomic E-state index is 5.06. The molecule has 0 amide bonds. The van der Waals surface area contributed by atoms with Crippen molar-refractivity contribution in [2.24, 2.45) is 0 Å². The number of aromatic nitrogens is 4. The van der Waals surface area contributed by atoms with E-state index in [2.05, 4.69) is 150 Å². The van der Waals surface area contributed by atoms with Crippen LogP contribution >= 0.6 is 0 Å². The molecule has 10 rings (SSSR count). The van der Waals surface area contributed by atoms with Crippen LogP contribution in [0.4, 0.5) is 0 Å². The smallest absolute Gasteiger partial charge is 0.164 e. The largest absolute Gasteiger partial charge is 0.309 e. The molecule has 8 aromatic carbocycles. The van der Waals surface area contributed by atoms with Gasteiger partial charge < -0.3 is 4.57 Å². The minimum atomic E-state index is 0.624. The summed E-state index contributed by atoms with van der Waals surface area (Å²) >= 11 is 0. The lowest BCUT2D eigenvalue weighted by Crippen LogP contribution is -2.01. The maximum Gasteiger partial charge on any atom is 0.164 e. The Morgan fingerprint density at radius 3 is 1.40 bits per heavy atom. The molecule has 4 heteroatoms. The normalized spacial score (nSPS) is 11.3. The van der Waals surface area contributed by atoms with E-state index in [4.69, 9.17) is 15.0 Å². The van der Waals surface area contributed by atoms with E-state index < -0.39 is 0 Å². The molecule has 0 atom stereocenters. The molecule has 0 fully saturated rings. The summed E-state index contributed by atoms with van der Waals surface area (Å²) in [6.07, 6.45) is 0. The number of rotatable bonds is 7. The molecule has 0 saturated heterocycles. The molecular formula is C51H34N4. The van der Waals surface area contributed by atoms with Crippen LogP contribution < -0.4 is 0 Å². The first kappa shape index (κ1) is 32.2. The zero-order valence-corrected chi connectivity index (χ0v) is 29.9. The lowest BCUT2D eigenvalue weighted by Gasteiger charge is -2.14. The van der Waals surface area contributed by atoms with Crippen LogP contribution in [0.15, 0.2) is 206 Å². The molecule has 0 N–H and O–H groups in total. The van der Waals surface area contributed by atoms with Gasteiger partial charge in [-0.3, -0.25) is 0 Å². The number of benzene rings is 8. The van der Waals surface area contributed by atoms with Crippen molar-refractivity contribution in [1.82, 2.24) is 19.5 Å². The van der Waals surface area contributed by atoms with E-state index in [1.54, 1.807) is 0 Å². The molecule has 55 heavy (non-hydrogen) atoms. The third-order valence-corrected chi connectivity index (χ3v) is 10.2. The Kier molecular flexibility index (Phi) is 8.12. The van der Waals surface area contributed by atoms with Gasteiger partial charge in [0.15, 0.2) is 17.5 Å². The van der Waals surface area contributed by atoms with E-state index >= 15 is 0 Å². The van der Waals surface area contributed by atoms with Crippen molar-refractivity contribution in [3.63, 3.8) is 0 Å². The van der Waals surface area contributed by atoms with Gasteiger partial charge in [-0.25, -0.2) is 15.0 Å². The molecule has 0 saturated carbocycles. The third kappa shape index (κ3) is 6.06. The molecule has 0 aliphatic rings. The Labute approximate surface area is 319 Å². The average molecular weight is 703 g/mol. The second-order valence-corrected chi connectivity index (χ2v) is 13.7. The second-order valence-electron chi connectivity index (χ2n) is 13.7. The molecule has 0 radical (unpaired) electrons. The van der Waals surface area contributed by atoms with Crippen LogP contribution in [-0.2, 0) is 0 Å². The summed E-state index contributed by atoms with van der Waals surface area (Å²) in [5, 5.41) is 2.41. The lowest BCUT2D eigenvalue weighted by atomic mass is 9.93. The molecule has 0 bridgehead atoms. The molecule has 258 valence electrons. The van der Waals surface area contributed by atoms with Gasteiger partial charge in [0.05, 0.1) is 11.0 Å². The quantitative estimate of drug-likeness (QED) is 0.166. The van der Waals surface area contributed by atoms with Crippen LogP contribution in [0.5, 0.6) is 0 Å². The van der Waals surface area contributed by atoms with Gasteiger partial charge in [-0.15, -0.1) is 0 Å². The Balaban J connectivity index is 1.20. The van der Waals surface area contributed by atoms with Gasteiger partial charge in [0.2, 0.25) is 0 Å². The predicted octanol–water partition coefficient (Wildman–Crippen LogP) is 13.0. The highest BCUT2D eigenvalue weighted by Crippen LogP contribution is 2.42. The SMILES string of the molecule is c1ccc(-c2cccc(-c3cc(-c4ccccc4)c4c5ccccc5n(-c5cccc(-c6nc(-c7ccccc7)nc(-c7ccccc7)n6)c5)c4c3)c2)cc1. The van der Waals surface area contributed by atoms with Crippen LogP contribution in [0, 0.1) is 0 Å². The highest BCUT2D eigenvalue weighted by molar-refractivity contribution is 6.17. The van der Waals surface area contributed by atoms with Gasteiger partial charge in [-0.1, -0.05) is 170 Å². The van der Waals surface area contributed by atoms with E-state index in [-0.39, 0.29) is 0 Å². The van der Waals surface area contributed by atoms with Crippen LogP contribution in [0.1, 0.15) is 0 Å². The van der Waals surface area contributed by atoms with E-state index in [0.29, 0.717) is 17.5 Å². The van der Waals surface area contributed by atoms with Crippen LogP contribution in [0.2, 0.25) is 0 Å². The van der Waals surface area contributed by atoms with Crippen molar-refractivity contribution in [2.45, 2.75) is 0 Å². The van der Waals surface area contributed by atoms with Crippen molar-refractivity contribution in [3.8, 4) is 73.2 Å². The fraction of sp³-hybridized carbons (Fsp3) is 0. The lowest BCUT2D eigenvalue weighted by molar-refractivity contribution is 1.07. The first-order valence-corrected chi connectivity index (χ1v) is 18.5. The standard InChI is InChI=1S/C51H34N4/c1-5-17-35(18-6-1)39-25-15-26-40(31-39)42-33-45(36-19-7-2-8-20-36)48-44-29-13-14-30-46(44)55(47(48)34-42)43-28-16-27-41(32-43)51-53-49(37-21-9-3-10-22-37)52-50(54-51)38-23-11-4-12-24-38/h1-34H. The maximum absolute atomic E-state index is 5.06. The summed E-state index contributed by atoms with van der Waals surface area (Å²) in [5.41, 5.74) is 13.2. The number of fused-ring (bicyclic) bond motifs is 3. The van der Waals surface area contributed by atoms with E-state index in [1.165, 1.54) is 33.0 Å². The fourth-order valence-electron chi connectivity index (χ4n) is 7.62. The van der Waals surface area contributed by atoms with Crippen molar-refractivity contribution in [1.29, 1.82) is 0 Å². The fourth-order valence-corrected chi connectivity index (χ4v) is 7.62. The van der Waals surface area contributed by atoms with Gasteiger partial charge in [0, 0.05) is 33.2 Å². The minimum absolute atomic E-state index is 0.624. The summed E-state index contributed by atoms with van der Waals surface area (Å²) in [7, 11) is 0. The van der Waals surface area contributed by atoms with Crippen molar-refractivity contribution >= 4 is 21.8 Å². The Hall–Kier alpha value is -7.43. The van der Waals surface area contributed by atoms with Gasteiger partial charge in [-0.05, 0) is 69.8 Å². The third-order valence-electron chi connectivity index (χ3n) is 10.2. The minimum Gasteiger partial charge on any atom is -0.309 e. The van der Waals surface area contributed by atoms with E-state index in [0.717, 1.165) is 44.5 Å². The number of para-hydroxylation sites is 1. The summed E-state index contributed by atoms with van der Waals surface area (Å²) < 4.78 is 2.39. The Bertz CT molecular complexity index is 2900. The van der Waals surface area contributed by atoms with Crippen molar-refractivity contribution in [2.75, 3.05) is 0 Å². The van der Waals surface area contributed by atoms with Crippen LogP contribution in [0.3, 0.4) is 0 Å². The highest BCUT2D eigenvalue weighted by Gasteiger charge is 2.20. The molecule has 2 aromatic heterocycles. The zero-order chi connectivity index (χ0) is 36.6. The first-order chi connectivity index (χ1) is 27.3. The van der Waals surface area contributed by atoms with E-state index in [9.17, 15) is 0 Å². The average Bonchev–Trinajstić information content (AvgIpc) is 3.61. The van der Waals surface area contributed by atoms with Gasteiger partial charge >= 0.3 is 0 Å². The Morgan fingerprint density at radius 1 is 0.291 bits per heavy atom. The first-order valence-electron chi connectivity index (χ1n) is 18.5. The zero-order valence-electron chi connectivity index (χ0n) is 29.9. The van der Waals surface area contributed by atoms with Gasteiger partial charge in [0.25, 0.3) is 0 Å². The molecule has 0 unspecified atom stereocenters. The summed E-state index contributed by atoms with van der Waals surface area (Å²) in [5.74, 6) is 1.90. The molecule has 0 aliphatic carbocycles. The molecular weight excluding hydrogens is 669 g/mol. The predicted molar refractivity (Wildman–Crippen MR) is 227 cm³/mol. The van der Waals surface area contributed by atoms with Gasteiger partial charge in [0.1, 0.15) is 0 Å². The molecule has 0 aliphatic heterocycles. The van der Waals surface area contributed by atoms with Crippen molar-refractivity contribution < 1.29 is 0 Å². The second kappa shape index (κ2) is 13.8. The number of hydrogen-bond donors (Lipinski definition) is 0. The Morgan fingerprint density at radius 2 is 0.764 bits per heavy atom. The van der Waals surface area contributed by atoms with Crippen LogP contribution in [-0.4, -0.2) is 19.5 Å². The number of nitrogens with zero attached hydrogens (tertiary/aromatic N) is 4. The molecule has 10 aromatic rings. The van der Waals surface area contributed by atoms with Crippen molar-refractivity contribution in [3.05, 3.63) is 206 Å². The topological polar surface area (TPSA) is 43.6 Å².